The van der Waals surface area contributed by atoms with Crippen LogP contribution in [0.1, 0.15) is 5.69 Å². The molecule has 2 heterocycles. The summed E-state index contributed by atoms with van der Waals surface area (Å²) in [4.78, 5) is 3.99. The largest absolute Gasteiger partial charge is 0.508 e. The Morgan fingerprint density at radius 2 is 1.89 bits per heavy atom. The molecule has 0 aliphatic heterocycles. The normalized spacial score (nSPS) is 10.7. The van der Waals surface area contributed by atoms with E-state index in [2.05, 4.69) is 10.4 Å². The van der Waals surface area contributed by atoms with Crippen molar-refractivity contribution < 1.29 is 5.11 Å². The molecule has 4 heteroatoms. The Bertz CT molecular complexity index is 689. The van der Waals surface area contributed by atoms with Crippen LogP contribution in [-0.4, -0.2) is 14.8 Å². The van der Waals surface area contributed by atoms with Gasteiger partial charge >= 0.3 is 0 Å². The van der Waals surface area contributed by atoms with Gasteiger partial charge in [0.1, 0.15) is 5.75 Å². The molecule has 0 amide bonds. The van der Waals surface area contributed by atoms with E-state index in [0.717, 1.165) is 22.3 Å². The van der Waals surface area contributed by atoms with E-state index in [1.54, 1.807) is 24.5 Å². The Kier molecular flexibility index (Phi) is 2.41. The fraction of sp³-hybridized carbons (Fsp3) is 0.0714. The number of anilines is 1. The molecule has 2 aromatic heterocycles. The van der Waals surface area contributed by atoms with Gasteiger partial charge in [0.15, 0.2) is 0 Å². The first-order valence-corrected chi connectivity index (χ1v) is 5.72. The van der Waals surface area contributed by atoms with Crippen LogP contribution in [0.2, 0.25) is 0 Å². The van der Waals surface area contributed by atoms with E-state index in [0.29, 0.717) is 0 Å². The zero-order valence-electron chi connectivity index (χ0n) is 9.96. The lowest BCUT2D eigenvalue weighted by Crippen LogP contribution is -2.10. The van der Waals surface area contributed by atoms with E-state index >= 15 is 0 Å². The minimum atomic E-state index is 0.281. The predicted molar refractivity (Wildman–Crippen MR) is 71.6 cm³/mol. The van der Waals surface area contributed by atoms with Crippen LogP contribution in [0, 0.1) is 6.92 Å². The molecular formula is C14H13N3O. The Morgan fingerprint density at radius 1 is 1.11 bits per heavy atom. The Hall–Kier alpha value is -2.49. The predicted octanol–water partition coefficient (Wildman–Crippen LogP) is 2.93. The van der Waals surface area contributed by atoms with Crippen molar-refractivity contribution in [3.63, 3.8) is 0 Å². The van der Waals surface area contributed by atoms with Crippen molar-refractivity contribution in [3.8, 4) is 5.75 Å². The fourth-order valence-electron chi connectivity index (χ4n) is 2.04. The third-order valence-corrected chi connectivity index (χ3v) is 2.89. The molecule has 0 saturated heterocycles. The van der Waals surface area contributed by atoms with Crippen molar-refractivity contribution >= 4 is 16.6 Å². The number of benzene rings is 1. The van der Waals surface area contributed by atoms with Gasteiger partial charge in [-0.05, 0) is 43.3 Å². The second kappa shape index (κ2) is 4.07. The summed E-state index contributed by atoms with van der Waals surface area (Å²) in [7, 11) is 0. The highest BCUT2D eigenvalue weighted by molar-refractivity contribution is 5.83. The quantitative estimate of drug-likeness (QED) is 0.723. The first-order chi connectivity index (χ1) is 8.74. The summed E-state index contributed by atoms with van der Waals surface area (Å²) >= 11 is 0. The zero-order chi connectivity index (χ0) is 12.5. The summed E-state index contributed by atoms with van der Waals surface area (Å²) in [6.07, 6.45) is 3.49. The molecule has 0 saturated carbocycles. The minimum absolute atomic E-state index is 0.281. The minimum Gasteiger partial charge on any atom is -0.508 e. The molecule has 0 bridgehead atoms. The van der Waals surface area contributed by atoms with Crippen LogP contribution in [0.4, 0.5) is 5.69 Å². The Morgan fingerprint density at radius 3 is 2.67 bits per heavy atom. The van der Waals surface area contributed by atoms with Gasteiger partial charge in [0, 0.05) is 23.5 Å². The van der Waals surface area contributed by atoms with E-state index in [-0.39, 0.29) is 5.75 Å². The summed E-state index contributed by atoms with van der Waals surface area (Å²) < 4.78 is 1.99. The van der Waals surface area contributed by atoms with E-state index in [9.17, 15) is 5.11 Å². The number of rotatable bonds is 2. The smallest absolute Gasteiger partial charge is 0.116 e. The number of phenols is 1. The summed E-state index contributed by atoms with van der Waals surface area (Å²) in [6.45, 7) is 2.02. The maximum Gasteiger partial charge on any atom is 0.116 e. The van der Waals surface area contributed by atoms with Gasteiger partial charge < -0.3 is 5.11 Å². The number of aromatic hydroxyl groups is 1. The molecule has 0 spiro atoms. The summed E-state index contributed by atoms with van der Waals surface area (Å²) in [5, 5.41) is 10.5. The van der Waals surface area contributed by atoms with Crippen molar-refractivity contribution in [1.29, 1.82) is 0 Å². The van der Waals surface area contributed by atoms with E-state index in [1.165, 1.54) is 0 Å². The lowest BCUT2D eigenvalue weighted by molar-refractivity contribution is 0.476. The number of nitrogens with one attached hydrogen (secondary N) is 1. The molecule has 0 unspecified atom stereocenters. The highest BCUT2D eigenvalue weighted by atomic mass is 16.3. The lowest BCUT2D eigenvalue weighted by atomic mass is 10.2. The van der Waals surface area contributed by atoms with Crippen LogP contribution in [-0.2, 0) is 0 Å². The molecule has 0 atom stereocenters. The van der Waals surface area contributed by atoms with Crippen molar-refractivity contribution in [2.45, 2.75) is 6.92 Å². The van der Waals surface area contributed by atoms with Crippen LogP contribution in [0.3, 0.4) is 0 Å². The van der Waals surface area contributed by atoms with Crippen LogP contribution in [0.25, 0.3) is 10.9 Å². The molecule has 4 nitrogen and oxygen atoms in total. The number of aryl methyl sites for hydroxylation is 1. The van der Waals surface area contributed by atoms with Crippen molar-refractivity contribution in [1.82, 2.24) is 9.66 Å². The van der Waals surface area contributed by atoms with Crippen LogP contribution >= 0.6 is 0 Å². The maximum absolute atomic E-state index is 9.48. The maximum atomic E-state index is 9.48. The highest BCUT2D eigenvalue weighted by Gasteiger charge is 2.06. The van der Waals surface area contributed by atoms with Gasteiger partial charge in [0.25, 0.3) is 0 Å². The molecule has 0 aliphatic rings. The Balaban J connectivity index is 2.09. The van der Waals surface area contributed by atoms with E-state index < -0.39 is 0 Å². The van der Waals surface area contributed by atoms with Crippen LogP contribution in [0.5, 0.6) is 5.75 Å². The summed E-state index contributed by atoms with van der Waals surface area (Å²) in [5.74, 6) is 0.281. The van der Waals surface area contributed by atoms with Crippen LogP contribution < -0.4 is 5.43 Å². The van der Waals surface area contributed by atoms with Gasteiger partial charge in [-0.2, -0.15) is 0 Å². The first kappa shape index (κ1) is 10.7. The van der Waals surface area contributed by atoms with Gasteiger partial charge in [-0.1, -0.05) is 0 Å². The molecule has 0 aliphatic carbocycles. The summed E-state index contributed by atoms with van der Waals surface area (Å²) in [5.41, 5.74) is 6.39. The monoisotopic (exact) mass is 239 g/mol. The molecule has 3 rings (SSSR count). The second-order valence-corrected chi connectivity index (χ2v) is 4.21. The third kappa shape index (κ3) is 1.78. The fourth-order valence-corrected chi connectivity index (χ4v) is 2.04. The highest BCUT2D eigenvalue weighted by Crippen LogP contribution is 2.23. The van der Waals surface area contributed by atoms with Gasteiger partial charge in [0.05, 0.1) is 11.2 Å². The molecule has 18 heavy (non-hydrogen) atoms. The van der Waals surface area contributed by atoms with Gasteiger partial charge in [0.2, 0.25) is 0 Å². The number of nitrogens with zero attached hydrogens (tertiary/aromatic N) is 2. The Labute approximate surface area is 104 Å². The van der Waals surface area contributed by atoms with Crippen molar-refractivity contribution in [2.75, 3.05) is 5.43 Å². The first-order valence-electron chi connectivity index (χ1n) is 5.72. The number of aromatic nitrogens is 2. The second-order valence-electron chi connectivity index (χ2n) is 4.21. The number of fused-ring (bicyclic) bond motifs is 1. The number of pyridine rings is 1. The van der Waals surface area contributed by atoms with E-state index in [4.69, 9.17) is 0 Å². The molecule has 0 fully saturated rings. The molecular weight excluding hydrogens is 226 g/mol. The lowest BCUT2D eigenvalue weighted by Gasteiger charge is -2.11. The average molecular weight is 239 g/mol. The SMILES string of the molecule is Cc1cc2cc(O)ccc2n1Nc1ccncc1. The molecule has 0 radical (unpaired) electrons. The van der Waals surface area contributed by atoms with Crippen molar-refractivity contribution in [2.24, 2.45) is 0 Å². The number of hydrogen-bond donors (Lipinski definition) is 2. The van der Waals surface area contributed by atoms with Crippen LogP contribution in [0.15, 0.2) is 48.8 Å². The molecule has 1 aromatic carbocycles. The average Bonchev–Trinajstić information content (AvgIpc) is 2.66. The number of phenolic OH excluding ortho intramolecular Hbond substituents is 1. The summed E-state index contributed by atoms with van der Waals surface area (Å²) in [6, 6.07) is 11.2. The third-order valence-electron chi connectivity index (χ3n) is 2.89. The number of hydrogen-bond acceptors (Lipinski definition) is 3. The topological polar surface area (TPSA) is 50.1 Å². The molecule has 2 N–H and O–H groups in total. The standard InChI is InChI=1S/C14H13N3O/c1-10-8-11-9-13(18)2-3-14(11)17(10)16-12-4-6-15-7-5-12/h2-9,18H,1H3,(H,15,16). The molecule has 90 valence electrons. The zero-order valence-corrected chi connectivity index (χ0v) is 9.96. The van der Waals surface area contributed by atoms with Crippen molar-refractivity contribution in [3.05, 3.63) is 54.5 Å². The molecule has 3 aromatic rings. The van der Waals surface area contributed by atoms with Gasteiger partial charge in [-0.25, -0.2) is 0 Å². The van der Waals surface area contributed by atoms with Gasteiger partial charge in [-0.15, -0.1) is 0 Å². The van der Waals surface area contributed by atoms with E-state index in [1.807, 2.05) is 35.9 Å². The van der Waals surface area contributed by atoms with Gasteiger partial charge in [-0.3, -0.25) is 15.1 Å².